The van der Waals surface area contributed by atoms with E-state index in [4.69, 9.17) is 5.26 Å². The number of halogens is 3. The molecule has 0 aliphatic heterocycles. The van der Waals surface area contributed by atoms with Gasteiger partial charge in [-0.05, 0) is 18.6 Å². The van der Waals surface area contributed by atoms with Crippen LogP contribution in [-0.4, -0.2) is 12.5 Å². The van der Waals surface area contributed by atoms with Gasteiger partial charge in [0.2, 0.25) is 0 Å². The molecule has 7 heteroatoms. The SMILES string of the molecule is CCCCN/C=C(/C#N)C(=O)Nc1ccccc1C(F)(F)F. The lowest BCUT2D eigenvalue weighted by atomic mass is 10.1. The molecule has 0 aliphatic carbocycles. The predicted octanol–water partition coefficient (Wildman–Crippen LogP) is 3.44. The summed E-state index contributed by atoms with van der Waals surface area (Å²) in [6, 6.07) is 6.27. The Bertz CT molecular complexity index is 588. The van der Waals surface area contributed by atoms with Crippen LogP contribution >= 0.6 is 0 Å². The average Bonchev–Trinajstić information content (AvgIpc) is 2.46. The molecule has 4 nitrogen and oxygen atoms in total. The largest absolute Gasteiger partial charge is 0.418 e. The van der Waals surface area contributed by atoms with Crippen molar-refractivity contribution in [2.75, 3.05) is 11.9 Å². The van der Waals surface area contributed by atoms with Crippen LogP contribution in [0, 0.1) is 11.3 Å². The van der Waals surface area contributed by atoms with E-state index in [9.17, 15) is 18.0 Å². The minimum absolute atomic E-state index is 0.284. The summed E-state index contributed by atoms with van der Waals surface area (Å²) >= 11 is 0. The van der Waals surface area contributed by atoms with E-state index in [2.05, 4.69) is 10.6 Å². The lowest BCUT2D eigenvalue weighted by Gasteiger charge is -2.13. The number of hydrogen-bond acceptors (Lipinski definition) is 3. The van der Waals surface area contributed by atoms with Crippen LogP contribution < -0.4 is 10.6 Å². The summed E-state index contributed by atoms with van der Waals surface area (Å²) in [4.78, 5) is 11.9. The quantitative estimate of drug-likeness (QED) is 0.480. The van der Waals surface area contributed by atoms with Gasteiger partial charge in [0.25, 0.3) is 5.91 Å². The van der Waals surface area contributed by atoms with Gasteiger partial charge in [0, 0.05) is 12.7 Å². The first kappa shape index (κ1) is 17.6. The highest BCUT2D eigenvalue weighted by atomic mass is 19.4. The maximum atomic E-state index is 12.8. The third kappa shape index (κ3) is 5.13. The fourth-order valence-corrected chi connectivity index (χ4v) is 1.63. The van der Waals surface area contributed by atoms with Crippen molar-refractivity contribution in [3.8, 4) is 6.07 Å². The molecule has 118 valence electrons. The van der Waals surface area contributed by atoms with Crippen molar-refractivity contribution in [1.82, 2.24) is 5.32 Å². The molecule has 0 heterocycles. The van der Waals surface area contributed by atoms with Gasteiger partial charge in [-0.15, -0.1) is 0 Å². The van der Waals surface area contributed by atoms with E-state index in [0.29, 0.717) is 6.54 Å². The highest BCUT2D eigenvalue weighted by Gasteiger charge is 2.33. The van der Waals surface area contributed by atoms with Crippen molar-refractivity contribution in [3.05, 3.63) is 41.6 Å². The van der Waals surface area contributed by atoms with Gasteiger partial charge in [0.1, 0.15) is 11.6 Å². The van der Waals surface area contributed by atoms with E-state index < -0.39 is 17.6 Å². The number of hydrogen-bond donors (Lipinski definition) is 2. The fraction of sp³-hybridized carbons (Fsp3) is 0.333. The molecule has 1 aromatic rings. The first-order valence-corrected chi connectivity index (χ1v) is 6.71. The van der Waals surface area contributed by atoms with Gasteiger partial charge < -0.3 is 10.6 Å². The first-order valence-electron chi connectivity index (χ1n) is 6.71. The third-order valence-corrected chi connectivity index (χ3v) is 2.77. The van der Waals surface area contributed by atoms with Crippen molar-refractivity contribution in [2.45, 2.75) is 25.9 Å². The van der Waals surface area contributed by atoms with Crippen molar-refractivity contribution >= 4 is 11.6 Å². The standard InChI is InChI=1S/C15H16F3N3O/c1-2-3-8-20-10-11(9-19)14(22)21-13-7-5-4-6-12(13)15(16,17)18/h4-7,10,20H,2-3,8H2,1H3,(H,21,22)/b11-10-. The van der Waals surface area contributed by atoms with Crippen LogP contribution in [-0.2, 0) is 11.0 Å². The molecule has 0 spiro atoms. The fourth-order valence-electron chi connectivity index (χ4n) is 1.63. The summed E-state index contributed by atoms with van der Waals surface area (Å²) in [6.45, 7) is 2.56. The molecule has 0 aliphatic rings. The molecule has 1 aromatic carbocycles. The second kappa shape index (κ2) is 8.08. The van der Waals surface area contributed by atoms with Gasteiger partial charge in [-0.25, -0.2) is 0 Å². The molecule has 1 rings (SSSR count). The van der Waals surface area contributed by atoms with Crippen LogP contribution in [0.5, 0.6) is 0 Å². The van der Waals surface area contributed by atoms with Gasteiger partial charge in [0.15, 0.2) is 0 Å². The number of rotatable bonds is 6. The highest BCUT2D eigenvalue weighted by molar-refractivity contribution is 6.06. The monoisotopic (exact) mass is 311 g/mol. The second-order valence-corrected chi connectivity index (χ2v) is 4.47. The van der Waals surface area contributed by atoms with Gasteiger partial charge in [-0.3, -0.25) is 4.79 Å². The van der Waals surface area contributed by atoms with Crippen LogP contribution in [0.4, 0.5) is 18.9 Å². The molecule has 0 unspecified atom stereocenters. The topological polar surface area (TPSA) is 64.9 Å². The van der Waals surface area contributed by atoms with Gasteiger partial charge in [0.05, 0.1) is 11.3 Å². The number of amides is 1. The molecule has 0 aromatic heterocycles. The number of carbonyl (C=O) groups excluding carboxylic acids is 1. The Morgan fingerprint density at radius 2 is 2.05 bits per heavy atom. The minimum Gasteiger partial charge on any atom is -0.390 e. The van der Waals surface area contributed by atoms with E-state index in [-0.39, 0.29) is 11.3 Å². The molecular weight excluding hydrogens is 295 g/mol. The number of para-hydroxylation sites is 1. The number of unbranched alkanes of at least 4 members (excludes halogenated alkanes) is 1. The number of anilines is 1. The Kier molecular flexibility index (Phi) is 6.45. The lowest BCUT2D eigenvalue weighted by Crippen LogP contribution is -2.19. The Morgan fingerprint density at radius 3 is 2.64 bits per heavy atom. The second-order valence-electron chi connectivity index (χ2n) is 4.47. The van der Waals surface area contributed by atoms with E-state index in [1.54, 1.807) is 6.07 Å². The Labute approximate surface area is 126 Å². The summed E-state index contributed by atoms with van der Waals surface area (Å²) in [7, 11) is 0. The van der Waals surface area contributed by atoms with Gasteiger partial charge in [-0.2, -0.15) is 18.4 Å². The van der Waals surface area contributed by atoms with Crippen LogP contribution in [0.15, 0.2) is 36.0 Å². The number of alkyl halides is 3. The van der Waals surface area contributed by atoms with E-state index in [0.717, 1.165) is 25.0 Å². The molecular formula is C15H16F3N3O. The normalized spacial score (nSPS) is 11.7. The molecule has 0 atom stereocenters. The average molecular weight is 311 g/mol. The number of nitrogens with one attached hydrogen (secondary N) is 2. The van der Waals surface area contributed by atoms with E-state index in [1.807, 2.05) is 6.92 Å². The number of benzene rings is 1. The summed E-state index contributed by atoms with van der Waals surface area (Å²) < 4.78 is 38.5. The number of nitriles is 1. The summed E-state index contributed by atoms with van der Waals surface area (Å²) in [5.41, 5.74) is -1.62. The zero-order valence-electron chi connectivity index (χ0n) is 12.0. The minimum atomic E-state index is -4.58. The zero-order valence-corrected chi connectivity index (χ0v) is 12.0. The van der Waals surface area contributed by atoms with Gasteiger partial charge >= 0.3 is 6.18 Å². The first-order chi connectivity index (χ1) is 10.4. The highest BCUT2D eigenvalue weighted by Crippen LogP contribution is 2.34. The smallest absolute Gasteiger partial charge is 0.390 e. The molecule has 2 N–H and O–H groups in total. The molecule has 22 heavy (non-hydrogen) atoms. The van der Waals surface area contributed by atoms with E-state index >= 15 is 0 Å². The zero-order chi connectivity index (χ0) is 16.6. The summed E-state index contributed by atoms with van der Waals surface area (Å²) in [6.07, 6.45) is -1.58. The molecule has 0 saturated heterocycles. The number of nitrogens with zero attached hydrogens (tertiary/aromatic N) is 1. The maximum absolute atomic E-state index is 12.8. The van der Waals surface area contributed by atoms with Crippen LogP contribution in [0.3, 0.4) is 0 Å². The lowest BCUT2D eigenvalue weighted by molar-refractivity contribution is -0.136. The molecule has 0 fully saturated rings. The van der Waals surface area contributed by atoms with Crippen molar-refractivity contribution in [2.24, 2.45) is 0 Å². The number of carbonyl (C=O) groups is 1. The Morgan fingerprint density at radius 1 is 1.36 bits per heavy atom. The van der Waals surface area contributed by atoms with Crippen LogP contribution in [0.25, 0.3) is 0 Å². The molecule has 1 amide bonds. The van der Waals surface area contributed by atoms with Crippen molar-refractivity contribution in [1.29, 1.82) is 5.26 Å². The van der Waals surface area contributed by atoms with Crippen molar-refractivity contribution < 1.29 is 18.0 Å². The van der Waals surface area contributed by atoms with E-state index in [1.165, 1.54) is 18.3 Å². The van der Waals surface area contributed by atoms with Crippen LogP contribution in [0.2, 0.25) is 0 Å². The maximum Gasteiger partial charge on any atom is 0.418 e. The summed E-state index contributed by atoms with van der Waals surface area (Å²) in [5, 5.41) is 13.8. The van der Waals surface area contributed by atoms with Crippen LogP contribution in [0.1, 0.15) is 25.3 Å². The van der Waals surface area contributed by atoms with Crippen molar-refractivity contribution in [3.63, 3.8) is 0 Å². The molecule has 0 radical (unpaired) electrons. The summed E-state index contributed by atoms with van der Waals surface area (Å²) in [5.74, 6) is -0.886. The Balaban J connectivity index is 2.86. The predicted molar refractivity (Wildman–Crippen MR) is 76.7 cm³/mol. The Hall–Kier alpha value is -2.49. The molecule has 0 bridgehead atoms. The molecule has 0 saturated carbocycles. The van der Waals surface area contributed by atoms with Gasteiger partial charge in [-0.1, -0.05) is 25.5 Å². The third-order valence-electron chi connectivity index (χ3n) is 2.77.